The number of nitrogens with zero attached hydrogens (tertiary/aromatic N) is 1. The molecule has 15 heteroatoms. The molecule has 0 bridgehead atoms. The summed E-state index contributed by atoms with van der Waals surface area (Å²) >= 11 is 0. The highest BCUT2D eigenvalue weighted by Gasteiger charge is 2.38. The third kappa shape index (κ3) is 33.7. The molecular formula is C49H85NO14. The van der Waals surface area contributed by atoms with Crippen LogP contribution in [0.15, 0.2) is 0 Å². The van der Waals surface area contributed by atoms with Crippen molar-refractivity contribution in [3.63, 3.8) is 0 Å². The number of carbonyl (C=O) groups is 7. The molecule has 0 radical (unpaired) electrons. The Hall–Kier alpha value is -3.75. The Kier molecular flexibility index (Phi) is 36.1. The zero-order valence-electron chi connectivity index (χ0n) is 40.0. The van der Waals surface area contributed by atoms with E-state index in [0.717, 1.165) is 129 Å². The van der Waals surface area contributed by atoms with Gasteiger partial charge in [0.15, 0.2) is 0 Å². The topological polar surface area (TPSA) is 187 Å². The zero-order chi connectivity index (χ0) is 46.9. The number of esters is 7. The van der Waals surface area contributed by atoms with Crippen LogP contribution in [0.5, 0.6) is 0 Å². The molecule has 1 rings (SSSR count). The Balaban J connectivity index is 2.94. The second-order valence-electron chi connectivity index (χ2n) is 17.3. The van der Waals surface area contributed by atoms with Crippen LogP contribution in [-0.4, -0.2) is 113 Å². The molecule has 1 heterocycles. The molecule has 370 valence electrons. The second-order valence-corrected chi connectivity index (χ2v) is 17.3. The summed E-state index contributed by atoms with van der Waals surface area (Å²) in [5.74, 6) is -3.68. The molecule has 1 aliphatic rings. The first-order valence-corrected chi connectivity index (χ1v) is 24.8. The summed E-state index contributed by atoms with van der Waals surface area (Å²) in [7, 11) is 0. The minimum Gasteiger partial charge on any atom is -0.466 e. The maximum Gasteiger partial charge on any atom is 0.305 e. The summed E-state index contributed by atoms with van der Waals surface area (Å²) in [5, 5.41) is 0. The van der Waals surface area contributed by atoms with Gasteiger partial charge in [0.1, 0.15) is 31.8 Å². The van der Waals surface area contributed by atoms with Gasteiger partial charge in [-0.3, -0.25) is 33.6 Å². The number of hydrogen-bond donors (Lipinski definition) is 0. The molecule has 0 saturated carbocycles. The van der Waals surface area contributed by atoms with E-state index in [1.165, 1.54) is 0 Å². The van der Waals surface area contributed by atoms with Crippen LogP contribution in [-0.2, 0) is 66.7 Å². The van der Waals surface area contributed by atoms with Crippen molar-refractivity contribution in [3.8, 4) is 0 Å². The number of likely N-dealkylation sites (tertiary alicyclic amines) is 1. The lowest BCUT2D eigenvalue weighted by molar-refractivity contribution is -0.170. The van der Waals surface area contributed by atoms with E-state index in [-0.39, 0.29) is 64.2 Å². The Morgan fingerprint density at radius 2 is 0.609 bits per heavy atom. The van der Waals surface area contributed by atoms with Crippen molar-refractivity contribution in [2.75, 3.05) is 65.9 Å². The van der Waals surface area contributed by atoms with Crippen molar-refractivity contribution in [2.45, 2.75) is 201 Å². The minimum atomic E-state index is -1.49. The van der Waals surface area contributed by atoms with Gasteiger partial charge in [0.25, 0.3) is 0 Å². The molecule has 1 fully saturated rings. The summed E-state index contributed by atoms with van der Waals surface area (Å²) < 4.78 is 38.5. The van der Waals surface area contributed by atoms with Crippen molar-refractivity contribution >= 4 is 41.8 Å². The van der Waals surface area contributed by atoms with Gasteiger partial charge in [-0.2, -0.15) is 0 Å². The molecule has 0 amide bonds. The van der Waals surface area contributed by atoms with Gasteiger partial charge in [-0.1, -0.05) is 97.8 Å². The first-order valence-electron chi connectivity index (χ1n) is 24.8. The summed E-state index contributed by atoms with van der Waals surface area (Å²) in [5.41, 5.74) is -1.49. The van der Waals surface area contributed by atoms with Crippen LogP contribution >= 0.6 is 0 Å². The number of unbranched alkanes of at least 4 members (excludes halogenated alkanes) is 12. The molecule has 0 aromatic carbocycles. The van der Waals surface area contributed by atoms with E-state index >= 15 is 0 Å². The molecule has 64 heavy (non-hydrogen) atoms. The smallest absolute Gasteiger partial charge is 0.305 e. The normalized spacial score (nSPS) is 12.7. The van der Waals surface area contributed by atoms with E-state index in [2.05, 4.69) is 25.7 Å². The summed E-state index contributed by atoms with van der Waals surface area (Å²) in [6.45, 7) is 8.38. The summed E-state index contributed by atoms with van der Waals surface area (Å²) in [4.78, 5) is 91.1. The van der Waals surface area contributed by atoms with E-state index in [9.17, 15) is 33.6 Å². The van der Waals surface area contributed by atoms with Crippen molar-refractivity contribution in [1.29, 1.82) is 0 Å². The average molecular weight is 912 g/mol. The van der Waals surface area contributed by atoms with Gasteiger partial charge in [0.2, 0.25) is 0 Å². The standard InChI is InChI=1S/C49H85NO14/c1-4-7-10-13-18-35-58-42(51)25-21-28-45(54)61-38-49(41-64-48(57)31-24-34-50-32-16-17-33-50,39-62-46(55)29-22-26-43(52)59-36-19-14-11-8-5-2)40-63-47(56)30-23-27-44(53)60-37-20-15-12-9-6-3/h4-41H2,1-3H3. The van der Waals surface area contributed by atoms with Crippen molar-refractivity contribution in [2.24, 2.45) is 5.41 Å². The lowest BCUT2D eigenvalue weighted by Gasteiger charge is -2.31. The Bertz CT molecular complexity index is 1160. The fourth-order valence-corrected chi connectivity index (χ4v) is 6.95. The molecule has 15 nitrogen and oxygen atoms in total. The number of carbonyl (C=O) groups excluding carboxylic acids is 7. The van der Waals surface area contributed by atoms with Crippen molar-refractivity contribution in [3.05, 3.63) is 0 Å². The highest BCUT2D eigenvalue weighted by atomic mass is 16.6. The monoisotopic (exact) mass is 912 g/mol. The van der Waals surface area contributed by atoms with Gasteiger partial charge < -0.3 is 38.1 Å². The molecule has 0 spiro atoms. The summed E-state index contributed by atoms with van der Waals surface area (Å²) in [6, 6.07) is 0. The third-order valence-corrected chi connectivity index (χ3v) is 11.0. The van der Waals surface area contributed by atoms with Crippen LogP contribution in [0.4, 0.5) is 0 Å². The Labute approximate surface area is 384 Å². The van der Waals surface area contributed by atoms with E-state index < -0.39 is 73.6 Å². The molecule has 0 atom stereocenters. The molecule has 1 saturated heterocycles. The fraction of sp³-hybridized carbons (Fsp3) is 0.857. The molecule has 1 aliphatic heterocycles. The van der Waals surface area contributed by atoms with E-state index in [1.807, 2.05) is 0 Å². The van der Waals surface area contributed by atoms with E-state index in [0.29, 0.717) is 26.2 Å². The van der Waals surface area contributed by atoms with Crippen LogP contribution < -0.4 is 0 Å². The lowest BCUT2D eigenvalue weighted by Crippen LogP contribution is -2.44. The predicted molar refractivity (Wildman–Crippen MR) is 242 cm³/mol. The van der Waals surface area contributed by atoms with Crippen molar-refractivity contribution < 1.29 is 66.7 Å². The highest BCUT2D eigenvalue weighted by Crippen LogP contribution is 2.23. The van der Waals surface area contributed by atoms with Gasteiger partial charge in [-0.25, -0.2) is 0 Å². The maximum absolute atomic E-state index is 13.0. The average Bonchev–Trinajstić information content (AvgIpc) is 3.80. The van der Waals surface area contributed by atoms with Crippen LogP contribution in [0.3, 0.4) is 0 Å². The molecule has 0 aromatic heterocycles. The van der Waals surface area contributed by atoms with Crippen molar-refractivity contribution in [1.82, 2.24) is 4.90 Å². The first-order chi connectivity index (χ1) is 31.0. The molecule has 0 aromatic rings. The molecule has 0 unspecified atom stereocenters. The predicted octanol–water partition coefficient (Wildman–Crippen LogP) is 9.07. The zero-order valence-corrected chi connectivity index (χ0v) is 40.0. The molecular weight excluding hydrogens is 827 g/mol. The van der Waals surface area contributed by atoms with Crippen LogP contribution in [0.1, 0.15) is 201 Å². The molecule has 0 N–H and O–H groups in total. The summed E-state index contributed by atoms with van der Waals surface area (Å²) in [6.07, 6.45) is 18.6. The van der Waals surface area contributed by atoms with Gasteiger partial charge in [-0.15, -0.1) is 0 Å². The first kappa shape index (κ1) is 58.3. The largest absolute Gasteiger partial charge is 0.466 e. The number of ether oxygens (including phenoxy) is 7. The molecule has 0 aliphatic carbocycles. The van der Waals surface area contributed by atoms with Gasteiger partial charge >= 0.3 is 41.8 Å². The second kappa shape index (κ2) is 39.6. The fourth-order valence-electron chi connectivity index (χ4n) is 6.95. The van der Waals surface area contributed by atoms with E-state index in [4.69, 9.17) is 33.2 Å². The number of hydrogen-bond acceptors (Lipinski definition) is 15. The lowest BCUT2D eigenvalue weighted by atomic mass is 9.92. The van der Waals surface area contributed by atoms with Crippen LogP contribution in [0.25, 0.3) is 0 Å². The maximum atomic E-state index is 13.0. The SMILES string of the molecule is CCCCCCCOC(=O)CCCC(=O)OCC(COC(=O)CCCC(=O)OCCCCCCC)(COC(=O)CCCC(=O)OCCCCCCC)COC(=O)CCCN1CCCC1. The van der Waals surface area contributed by atoms with Gasteiger partial charge in [0, 0.05) is 44.9 Å². The van der Waals surface area contributed by atoms with Crippen LogP contribution in [0.2, 0.25) is 0 Å². The minimum absolute atomic E-state index is 0.0263. The van der Waals surface area contributed by atoms with Gasteiger partial charge in [-0.05, 0) is 77.4 Å². The Morgan fingerprint density at radius 1 is 0.344 bits per heavy atom. The van der Waals surface area contributed by atoms with Gasteiger partial charge in [0.05, 0.1) is 19.8 Å². The number of rotatable bonds is 42. The van der Waals surface area contributed by atoms with E-state index in [1.54, 1.807) is 0 Å². The highest BCUT2D eigenvalue weighted by molar-refractivity contribution is 5.74. The quantitative estimate of drug-likeness (QED) is 0.0320. The van der Waals surface area contributed by atoms with Crippen LogP contribution in [0, 0.1) is 5.41 Å². The third-order valence-electron chi connectivity index (χ3n) is 11.0. The Morgan fingerprint density at radius 3 is 0.906 bits per heavy atom.